The van der Waals surface area contributed by atoms with Crippen molar-refractivity contribution in [2.75, 3.05) is 0 Å². The van der Waals surface area contributed by atoms with Crippen LogP contribution in [0.5, 0.6) is 0 Å². The number of rotatable bonds is 4. The van der Waals surface area contributed by atoms with Gasteiger partial charge in [-0.15, -0.1) is 0 Å². The Bertz CT molecular complexity index is 557. The van der Waals surface area contributed by atoms with Crippen molar-refractivity contribution < 1.29 is 4.39 Å². The summed E-state index contributed by atoms with van der Waals surface area (Å²) >= 11 is 1.73. The number of hydrogen-bond acceptors (Lipinski definition) is 2. The number of thioether (sulfide) groups is 1. The van der Waals surface area contributed by atoms with Crippen LogP contribution in [0.3, 0.4) is 0 Å². The van der Waals surface area contributed by atoms with Gasteiger partial charge in [0.2, 0.25) is 0 Å². The van der Waals surface area contributed by atoms with Gasteiger partial charge < -0.3 is 0 Å². The third-order valence-corrected chi connectivity index (χ3v) is 3.58. The molecule has 3 heteroatoms. The zero-order valence-electron chi connectivity index (χ0n) is 9.77. The molecule has 0 atom stereocenters. The molecule has 0 aliphatic rings. The summed E-state index contributed by atoms with van der Waals surface area (Å²) in [6.45, 7) is 0. The maximum Gasteiger partial charge on any atom is 0.123 e. The van der Waals surface area contributed by atoms with E-state index in [2.05, 4.69) is 6.07 Å². The van der Waals surface area contributed by atoms with Crippen molar-refractivity contribution in [1.82, 2.24) is 0 Å². The van der Waals surface area contributed by atoms with E-state index in [9.17, 15) is 4.39 Å². The van der Waals surface area contributed by atoms with E-state index in [0.29, 0.717) is 5.56 Å². The van der Waals surface area contributed by atoms with Gasteiger partial charge in [0.15, 0.2) is 0 Å². The molecule has 0 unspecified atom stereocenters. The monoisotopic (exact) mass is 257 g/mol. The molecule has 0 aliphatic carbocycles. The SMILES string of the molecule is N#Cc1ccc(CSCc2cccc(F)c2)cc1. The fourth-order valence-corrected chi connectivity index (χ4v) is 2.53. The molecule has 2 aromatic rings. The van der Waals surface area contributed by atoms with E-state index in [1.165, 1.54) is 11.6 Å². The minimum atomic E-state index is -0.188. The number of benzene rings is 2. The van der Waals surface area contributed by atoms with Gasteiger partial charge in [0.25, 0.3) is 0 Å². The first-order valence-electron chi connectivity index (χ1n) is 5.59. The smallest absolute Gasteiger partial charge is 0.123 e. The van der Waals surface area contributed by atoms with E-state index >= 15 is 0 Å². The van der Waals surface area contributed by atoms with Crippen molar-refractivity contribution in [1.29, 1.82) is 5.26 Å². The number of nitrogens with zero attached hydrogens (tertiary/aromatic N) is 1. The largest absolute Gasteiger partial charge is 0.207 e. The molecule has 0 saturated heterocycles. The molecule has 0 fully saturated rings. The topological polar surface area (TPSA) is 23.8 Å². The van der Waals surface area contributed by atoms with Crippen molar-refractivity contribution in [3.05, 3.63) is 71.0 Å². The van der Waals surface area contributed by atoms with Crippen LogP contribution < -0.4 is 0 Å². The molecule has 0 N–H and O–H groups in total. The van der Waals surface area contributed by atoms with Crippen LogP contribution in [0.1, 0.15) is 16.7 Å². The van der Waals surface area contributed by atoms with Gasteiger partial charge in [-0.1, -0.05) is 24.3 Å². The van der Waals surface area contributed by atoms with E-state index in [-0.39, 0.29) is 5.82 Å². The Morgan fingerprint density at radius 3 is 2.39 bits per heavy atom. The minimum Gasteiger partial charge on any atom is -0.207 e. The first-order valence-corrected chi connectivity index (χ1v) is 6.74. The normalized spacial score (nSPS) is 10.0. The second kappa shape index (κ2) is 6.23. The van der Waals surface area contributed by atoms with Gasteiger partial charge in [-0.25, -0.2) is 4.39 Å². The van der Waals surface area contributed by atoms with Crippen molar-refractivity contribution in [2.45, 2.75) is 11.5 Å². The molecule has 0 aliphatic heterocycles. The third kappa shape index (κ3) is 3.61. The van der Waals surface area contributed by atoms with Gasteiger partial charge in [-0.2, -0.15) is 17.0 Å². The average molecular weight is 257 g/mol. The number of nitriles is 1. The standard InChI is InChI=1S/C15H12FNS/c16-15-3-1-2-14(8-15)11-18-10-13-6-4-12(9-17)5-7-13/h1-8H,10-11H2. The molecule has 0 saturated carbocycles. The van der Waals surface area contributed by atoms with Gasteiger partial charge in [0.05, 0.1) is 11.6 Å². The summed E-state index contributed by atoms with van der Waals surface area (Å²) in [7, 11) is 0. The summed E-state index contributed by atoms with van der Waals surface area (Å²) in [6, 6.07) is 16.3. The first kappa shape index (κ1) is 12.7. The maximum absolute atomic E-state index is 13.0. The lowest BCUT2D eigenvalue weighted by atomic mass is 10.2. The predicted molar refractivity (Wildman–Crippen MR) is 72.6 cm³/mol. The highest BCUT2D eigenvalue weighted by Crippen LogP contribution is 2.18. The Hall–Kier alpha value is -1.79. The lowest BCUT2D eigenvalue weighted by molar-refractivity contribution is 0.626. The molecule has 0 radical (unpaired) electrons. The van der Waals surface area contributed by atoms with Crippen LogP contribution >= 0.6 is 11.8 Å². The Morgan fingerprint density at radius 2 is 1.72 bits per heavy atom. The number of hydrogen-bond donors (Lipinski definition) is 0. The highest BCUT2D eigenvalue weighted by atomic mass is 32.2. The van der Waals surface area contributed by atoms with Gasteiger partial charge in [0, 0.05) is 11.5 Å². The molecule has 0 heterocycles. The minimum absolute atomic E-state index is 0.188. The highest BCUT2D eigenvalue weighted by molar-refractivity contribution is 7.97. The van der Waals surface area contributed by atoms with Crippen molar-refractivity contribution in [3.8, 4) is 6.07 Å². The van der Waals surface area contributed by atoms with E-state index < -0.39 is 0 Å². The maximum atomic E-state index is 13.0. The molecule has 0 aromatic heterocycles. The van der Waals surface area contributed by atoms with Crippen LogP contribution in [0.2, 0.25) is 0 Å². The second-order valence-corrected chi connectivity index (χ2v) is 4.92. The average Bonchev–Trinajstić information content (AvgIpc) is 2.40. The molecule has 0 spiro atoms. The number of halogens is 1. The Kier molecular flexibility index (Phi) is 4.38. The van der Waals surface area contributed by atoms with Crippen LogP contribution in [0.4, 0.5) is 4.39 Å². The van der Waals surface area contributed by atoms with E-state index in [1.54, 1.807) is 23.9 Å². The fourth-order valence-electron chi connectivity index (χ4n) is 1.59. The molecule has 18 heavy (non-hydrogen) atoms. The fraction of sp³-hybridized carbons (Fsp3) is 0.133. The van der Waals surface area contributed by atoms with Crippen molar-refractivity contribution in [3.63, 3.8) is 0 Å². The molecule has 90 valence electrons. The summed E-state index contributed by atoms with van der Waals surface area (Å²) in [5, 5.41) is 8.69. The van der Waals surface area contributed by atoms with Gasteiger partial charge >= 0.3 is 0 Å². The Labute approximate surface area is 110 Å². The van der Waals surface area contributed by atoms with E-state index in [0.717, 1.165) is 17.1 Å². The third-order valence-electron chi connectivity index (χ3n) is 2.51. The quantitative estimate of drug-likeness (QED) is 0.822. The van der Waals surface area contributed by atoms with Gasteiger partial charge in [-0.05, 0) is 35.4 Å². The summed E-state index contributed by atoms with van der Waals surface area (Å²) in [4.78, 5) is 0. The summed E-state index contributed by atoms with van der Waals surface area (Å²) in [5.41, 5.74) is 2.85. The molecule has 2 aromatic carbocycles. The zero-order valence-corrected chi connectivity index (χ0v) is 10.6. The van der Waals surface area contributed by atoms with Crippen molar-refractivity contribution >= 4 is 11.8 Å². The van der Waals surface area contributed by atoms with E-state index in [1.807, 2.05) is 30.3 Å². The summed E-state index contributed by atoms with van der Waals surface area (Å²) in [5.74, 6) is 1.46. The van der Waals surface area contributed by atoms with Crippen LogP contribution in [-0.4, -0.2) is 0 Å². The lowest BCUT2D eigenvalue weighted by Gasteiger charge is -2.03. The summed E-state index contributed by atoms with van der Waals surface area (Å²) in [6.07, 6.45) is 0. The van der Waals surface area contributed by atoms with Crippen molar-refractivity contribution in [2.24, 2.45) is 0 Å². The predicted octanol–water partition coefficient (Wildman–Crippen LogP) is 4.13. The highest BCUT2D eigenvalue weighted by Gasteiger charge is 1.98. The Morgan fingerprint density at radius 1 is 1.00 bits per heavy atom. The second-order valence-electron chi connectivity index (χ2n) is 3.93. The molecule has 0 bridgehead atoms. The van der Waals surface area contributed by atoms with Crippen LogP contribution in [0.25, 0.3) is 0 Å². The van der Waals surface area contributed by atoms with Crippen LogP contribution in [0.15, 0.2) is 48.5 Å². The lowest BCUT2D eigenvalue weighted by Crippen LogP contribution is -1.85. The molecular weight excluding hydrogens is 245 g/mol. The first-order chi connectivity index (χ1) is 8.78. The van der Waals surface area contributed by atoms with Crippen LogP contribution in [-0.2, 0) is 11.5 Å². The molecule has 1 nitrogen and oxygen atoms in total. The van der Waals surface area contributed by atoms with Gasteiger partial charge in [0.1, 0.15) is 5.82 Å². The zero-order chi connectivity index (χ0) is 12.8. The van der Waals surface area contributed by atoms with Gasteiger partial charge in [-0.3, -0.25) is 0 Å². The molecule has 0 amide bonds. The summed E-state index contributed by atoms with van der Waals surface area (Å²) < 4.78 is 13.0. The van der Waals surface area contributed by atoms with E-state index in [4.69, 9.17) is 5.26 Å². The Balaban J connectivity index is 1.86. The molecular formula is C15H12FNS. The molecule has 2 rings (SSSR count). The van der Waals surface area contributed by atoms with Crippen LogP contribution in [0, 0.1) is 17.1 Å².